The van der Waals surface area contributed by atoms with Crippen molar-refractivity contribution in [2.75, 3.05) is 25.0 Å². The van der Waals surface area contributed by atoms with Crippen LogP contribution >= 0.6 is 0 Å². The molecule has 0 bridgehead atoms. The second kappa shape index (κ2) is 7.05. The van der Waals surface area contributed by atoms with Crippen LogP contribution in [0.4, 0.5) is 14.5 Å². The van der Waals surface area contributed by atoms with Gasteiger partial charge in [0.25, 0.3) is 0 Å². The third-order valence-corrected chi connectivity index (χ3v) is 4.73. The highest BCUT2D eigenvalue weighted by molar-refractivity contribution is 6.00. The number of likely N-dealkylation sites (N-methyl/N-ethyl adjacent to an activating group) is 1. The lowest BCUT2D eigenvalue weighted by Gasteiger charge is -2.24. The molecule has 0 aromatic heterocycles. The molecular formula is C17H22F2N4O2. The van der Waals surface area contributed by atoms with E-state index in [1.807, 2.05) is 0 Å². The summed E-state index contributed by atoms with van der Waals surface area (Å²) >= 11 is 0. The lowest BCUT2D eigenvalue weighted by atomic mass is 10.1. The Kier molecular flexibility index (Phi) is 5.01. The van der Waals surface area contributed by atoms with Crippen LogP contribution in [0.2, 0.25) is 0 Å². The molecule has 2 aliphatic rings. The molecule has 1 aromatic rings. The zero-order chi connectivity index (χ0) is 18.1. The molecule has 3 rings (SSSR count). The van der Waals surface area contributed by atoms with Crippen LogP contribution in [0.3, 0.4) is 0 Å². The molecule has 2 heterocycles. The first-order valence-corrected chi connectivity index (χ1v) is 8.36. The molecule has 1 aromatic carbocycles. The fourth-order valence-corrected chi connectivity index (χ4v) is 3.43. The van der Waals surface area contributed by atoms with E-state index in [2.05, 4.69) is 17.8 Å². The van der Waals surface area contributed by atoms with Crippen molar-refractivity contribution in [3.63, 3.8) is 0 Å². The highest BCUT2D eigenvalue weighted by Gasteiger charge is 2.37. The second-order valence-corrected chi connectivity index (χ2v) is 6.84. The lowest BCUT2D eigenvalue weighted by Crippen LogP contribution is -2.43. The Balaban J connectivity index is 1.63. The number of carbonyl (C=O) groups excluding carboxylic acids is 2. The van der Waals surface area contributed by atoms with Gasteiger partial charge in [-0.25, -0.2) is 8.78 Å². The summed E-state index contributed by atoms with van der Waals surface area (Å²) in [4.78, 5) is 27.8. The van der Waals surface area contributed by atoms with E-state index in [1.54, 1.807) is 11.9 Å². The summed E-state index contributed by atoms with van der Waals surface area (Å²) in [5, 5.41) is 0. The summed E-state index contributed by atoms with van der Waals surface area (Å²) < 4.78 is 26.5. The fraction of sp³-hybridized carbons (Fsp3) is 0.529. The summed E-state index contributed by atoms with van der Waals surface area (Å²) in [5.41, 5.74) is 6.53. The summed E-state index contributed by atoms with van der Waals surface area (Å²) in [6.45, 7) is 2.79. The third kappa shape index (κ3) is 3.80. The average Bonchev–Trinajstić information content (AvgIpc) is 3.15. The number of nitrogens with zero attached hydrogens (tertiary/aromatic N) is 2. The van der Waals surface area contributed by atoms with Crippen LogP contribution in [0, 0.1) is 17.6 Å². The minimum atomic E-state index is -1.01. The smallest absolute Gasteiger partial charge is 0.227 e. The molecule has 2 N–H and O–H groups in total. The Morgan fingerprint density at radius 3 is 2.72 bits per heavy atom. The van der Waals surface area contributed by atoms with Gasteiger partial charge < -0.3 is 9.80 Å². The number of hydrazine groups is 1. The summed E-state index contributed by atoms with van der Waals surface area (Å²) in [7, 11) is 1.72. The SMILES string of the molecule is CC1CC(CN(C)C(=O)C2CC(=O)N(c3ccc(F)c(F)c3)C2)NN1. The van der Waals surface area contributed by atoms with E-state index in [1.165, 1.54) is 11.0 Å². The standard InChI is InChI=1S/C17H22F2N4O2/c1-10-5-12(21-20-10)9-22(2)17(25)11-6-16(24)23(8-11)13-3-4-14(18)15(19)7-13/h3-4,7,10-12,20-21H,5-6,8-9H2,1-2H3. The van der Waals surface area contributed by atoms with Gasteiger partial charge in [-0.1, -0.05) is 0 Å². The molecule has 136 valence electrons. The van der Waals surface area contributed by atoms with Gasteiger partial charge in [0.2, 0.25) is 11.8 Å². The van der Waals surface area contributed by atoms with Crippen molar-refractivity contribution in [1.29, 1.82) is 0 Å². The summed E-state index contributed by atoms with van der Waals surface area (Å²) in [5.74, 6) is -2.81. The van der Waals surface area contributed by atoms with E-state index in [0.717, 1.165) is 18.6 Å². The van der Waals surface area contributed by atoms with Gasteiger partial charge >= 0.3 is 0 Å². The zero-order valence-corrected chi connectivity index (χ0v) is 14.3. The minimum Gasteiger partial charge on any atom is -0.344 e. The predicted octanol–water partition coefficient (Wildman–Crippen LogP) is 1.03. The second-order valence-electron chi connectivity index (χ2n) is 6.84. The number of nitrogens with one attached hydrogen (secondary N) is 2. The molecule has 0 spiro atoms. The lowest BCUT2D eigenvalue weighted by molar-refractivity contribution is -0.134. The molecule has 2 amide bonds. The van der Waals surface area contributed by atoms with Gasteiger partial charge in [0.05, 0.1) is 5.92 Å². The number of halogens is 2. The van der Waals surface area contributed by atoms with Gasteiger partial charge in [0.1, 0.15) is 0 Å². The Morgan fingerprint density at radius 2 is 2.08 bits per heavy atom. The molecule has 0 aliphatic carbocycles. The highest BCUT2D eigenvalue weighted by atomic mass is 19.2. The fourth-order valence-electron chi connectivity index (χ4n) is 3.43. The van der Waals surface area contributed by atoms with Crippen molar-refractivity contribution in [2.24, 2.45) is 5.92 Å². The van der Waals surface area contributed by atoms with E-state index < -0.39 is 17.6 Å². The molecule has 2 aliphatic heterocycles. The van der Waals surface area contributed by atoms with Crippen molar-refractivity contribution in [1.82, 2.24) is 15.8 Å². The van der Waals surface area contributed by atoms with Crippen molar-refractivity contribution in [3.8, 4) is 0 Å². The maximum atomic E-state index is 13.4. The van der Waals surface area contributed by atoms with Gasteiger partial charge in [-0.3, -0.25) is 20.4 Å². The average molecular weight is 352 g/mol. The molecule has 6 nitrogen and oxygen atoms in total. The molecule has 3 atom stereocenters. The highest BCUT2D eigenvalue weighted by Crippen LogP contribution is 2.27. The molecule has 25 heavy (non-hydrogen) atoms. The van der Waals surface area contributed by atoms with Gasteiger partial charge in [-0.05, 0) is 25.5 Å². The molecule has 8 heteroatoms. The van der Waals surface area contributed by atoms with Crippen molar-refractivity contribution in [3.05, 3.63) is 29.8 Å². The topological polar surface area (TPSA) is 64.7 Å². The van der Waals surface area contributed by atoms with E-state index in [0.29, 0.717) is 12.6 Å². The quantitative estimate of drug-likeness (QED) is 0.850. The number of carbonyl (C=O) groups is 2. The number of amides is 2. The Labute approximate surface area is 145 Å². The number of hydrogen-bond donors (Lipinski definition) is 2. The van der Waals surface area contributed by atoms with Crippen LogP contribution in [0.5, 0.6) is 0 Å². The molecule has 2 saturated heterocycles. The number of hydrogen-bond acceptors (Lipinski definition) is 4. The molecule has 3 unspecified atom stereocenters. The number of benzene rings is 1. The zero-order valence-electron chi connectivity index (χ0n) is 14.3. The van der Waals surface area contributed by atoms with Crippen LogP contribution < -0.4 is 15.8 Å². The molecule has 2 fully saturated rings. The van der Waals surface area contributed by atoms with Gasteiger partial charge in [0.15, 0.2) is 11.6 Å². The normalized spacial score (nSPS) is 26.3. The van der Waals surface area contributed by atoms with Crippen LogP contribution in [0.15, 0.2) is 18.2 Å². The minimum absolute atomic E-state index is 0.0783. The summed E-state index contributed by atoms with van der Waals surface area (Å²) in [6, 6.07) is 3.84. The monoisotopic (exact) mass is 352 g/mol. The van der Waals surface area contributed by atoms with E-state index in [-0.39, 0.29) is 36.5 Å². The third-order valence-electron chi connectivity index (χ3n) is 4.73. The van der Waals surface area contributed by atoms with Crippen LogP contribution in [-0.2, 0) is 9.59 Å². The first-order valence-electron chi connectivity index (χ1n) is 8.36. The maximum Gasteiger partial charge on any atom is 0.227 e. The first kappa shape index (κ1) is 17.8. The van der Waals surface area contributed by atoms with Crippen LogP contribution in [-0.4, -0.2) is 48.9 Å². The number of anilines is 1. The van der Waals surface area contributed by atoms with Crippen molar-refractivity contribution < 1.29 is 18.4 Å². The van der Waals surface area contributed by atoms with Crippen molar-refractivity contribution >= 4 is 17.5 Å². The van der Waals surface area contributed by atoms with Crippen LogP contribution in [0.1, 0.15) is 19.8 Å². The van der Waals surface area contributed by atoms with E-state index >= 15 is 0 Å². The summed E-state index contributed by atoms with van der Waals surface area (Å²) in [6.07, 6.45) is 0.997. The van der Waals surface area contributed by atoms with E-state index in [9.17, 15) is 18.4 Å². The van der Waals surface area contributed by atoms with Gasteiger partial charge in [-0.15, -0.1) is 0 Å². The largest absolute Gasteiger partial charge is 0.344 e. The predicted molar refractivity (Wildman–Crippen MR) is 88.6 cm³/mol. The van der Waals surface area contributed by atoms with Crippen LogP contribution in [0.25, 0.3) is 0 Å². The van der Waals surface area contributed by atoms with Gasteiger partial charge in [-0.2, -0.15) is 0 Å². The first-order chi connectivity index (χ1) is 11.8. The van der Waals surface area contributed by atoms with Gasteiger partial charge in [0, 0.05) is 50.4 Å². The van der Waals surface area contributed by atoms with E-state index in [4.69, 9.17) is 0 Å². The van der Waals surface area contributed by atoms with Crippen molar-refractivity contribution in [2.45, 2.75) is 31.8 Å². The molecular weight excluding hydrogens is 330 g/mol. The maximum absolute atomic E-state index is 13.4. The Bertz CT molecular complexity index is 685. The molecule has 0 saturated carbocycles. The Hall–Kier alpha value is -2.06. The molecule has 0 radical (unpaired) electrons. The Morgan fingerprint density at radius 1 is 1.32 bits per heavy atom. The number of rotatable bonds is 4.